The molecule has 0 spiro atoms. The fraction of sp³-hybridized carbons (Fsp3) is 0.435. The van der Waals surface area contributed by atoms with Gasteiger partial charge in [-0.15, -0.1) is 0 Å². The lowest BCUT2D eigenvalue weighted by Crippen LogP contribution is -2.45. The van der Waals surface area contributed by atoms with E-state index in [-0.39, 0.29) is 16.8 Å². The molecule has 1 aliphatic rings. The van der Waals surface area contributed by atoms with Crippen LogP contribution in [-0.4, -0.2) is 60.7 Å². The topological polar surface area (TPSA) is 69.7 Å². The number of likely N-dealkylation sites (N-methyl/N-ethyl adjacent to an activating group) is 1. The Balaban J connectivity index is 1.58. The molecule has 0 aliphatic carbocycles. The average Bonchev–Trinajstić information content (AvgIpc) is 2.78. The molecule has 0 radical (unpaired) electrons. The first kappa shape index (κ1) is 23.9. The molecule has 32 heavy (non-hydrogen) atoms. The minimum Gasteiger partial charge on any atom is -0.491 e. The van der Waals surface area contributed by atoms with Crippen LogP contribution in [0.2, 0.25) is 0 Å². The molecular weight excluding hydrogens is 429 g/mol. The zero-order valence-electron chi connectivity index (χ0n) is 18.6. The van der Waals surface area contributed by atoms with Crippen molar-refractivity contribution < 1.29 is 13.9 Å². The number of nitrogens with zero attached hydrogens (tertiary/aromatic N) is 3. The van der Waals surface area contributed by atoms with Crippen LogP contribution < -0.4 is 20.3 Å². The number of hydrogen-bond donors (Lipinski definition) is 2. The van der Waals surface area contributed by atoms with E-state index in [1.165, 1.54) is 6.07 Å². The molecule has 7 nitrogen and oxygen atoms in total. The van der Waals surface area contributed by atoms with E-state index in [9.17, 15) is 9.18 Å². The van der Waals surface area contributed by atoms with Crippen LogP contribution >= 0.6 is 12.2 Å². The molecule has 1 aliphatic heterocycles. The van der Waals surface area contributed by atoms with Crippen LogP contribution in [0.4, 0.5) is 15.9 Å². The van der Waals surface area contributed by atoms with Crippen molar-refractivity contribution in [3.63, 3.8) is 0 Å². The molecule has 9 heteroatoms. The van der Waals surface area contributed by atoms with Crippen molar-refractivity contribution in [1.29, 1.82) is 0 Å². The fourth-order valence-electron chi connectivity index (χ4n) is 3.41. The highest BCUT2D eigenvalue weighted by atomic mass is 32.1. The highest BCUT2D eigenvalue weighted by Gasteiger charge is 2.21. The number of amides is 1. The molecule has 0 atom stereocenters. The second-order valence-corrected chi connectivity index (χ2v) is 8.18. The number of aromatic nitrogens is 1. The molecule has 1 amide bonds. The van der Waals surface area contributed by atoms with E-state index < -0.39 is 5.82 Å². The summed E-state index contributed by atoms with van der Waals surface area (Å²) in [6.07, 6.45) is 4.68. The number of halogens is 1. The summed E-state index contributed by atoms with van der Waals surface area (Å²) in [5.41, 5.74) is 0.877. The van der Waals surface area contributed by atoms with Crippen molar-refractivity contribution in [2.75, 3.05) is 50.1 Å². The molecule has 0 saturated carbocycles. The SMILES string of the molecule is CCCCCOc1ccc(NC(=S)NC(=O)c2cccnc2N2CCN(C)CC2)cc1F. The van der Waals surface area contributed by atoms with Crippen molar-refractivity contribution in [2.24, 2.45) is 0 Å². The minimum absolute atomic E-state index is 0.0826. The van der Waals surface area contributed by atoms with Gasteiger partial charge in [0.2, 0.25) is 0 Å². The number of anilines is 2. The predicted octanol–water partition coefficient (Wildman–Crippen LogP) is 3.67. The molecule has 2 heterocycles. The Morgan fingerprint density at radius 3 is 2.72 bits per heavy atom. The lowest BCUT2D eigenvalue weighted by Gasteiger charge is -2.34. The summed E-state index contributed by atoms with van der Waals surface area (Å²) in [7, 11) is 2.07. The summed E-state index contributed by atoms with van der Waals surface area (Å²) in [6.45, 7) is 5.98. The third kappa shape index (κ3) is 6.61. The number of carbonyl (C=O) groups is 1. The first-order chi connectivity index (χ1) is 15.5. The quantitative estimate of drug-likeness (QED) is 0.461. The Labute approximate surface area is 194 Å². The van der Waals surface area contributed by atoms with Crippen LogP contribution in [0.5, 0.6) is 5.75 Å². The fourth-order valence-corrected chi connectivity index (χ4v) is 3.62. The number of pyridine rings is 1. The third-order valence-corrected chi connectivity index (χ3v) is 5.46. The van der Waals surface area contributed by atoms with E-state index in [2.05, 4.69) is 39.4 Å². The zero-order valence-corrected chi connectivity index (χ0v) is 19.4. The Hall–Kier alpha value is -2.78. The first-order valence-electron chi connectivity index (χ1n) is 10.9. The van der Waals surface area contributed by atoms with E-state index in [0.717, 1.165) is 45.4 Å². The van der Waals surface area contributed by atoms with E-state index in [4.69, 9.17) is 17.0 Å². The maximum atomic E-state index is 14.3. The van der Waals surface area contributed by atoms with Crippen LogP contribution in [-0.2, 0) is 0 Å². The number of thiocarbonyl (C=S) groups is 1. The third-order valence-electron chi connectivity index (χ3n) is 5.26. The second kappa shape index (κ2) is 11.7. The monoisotopic (exact) mass is 459 g/mol. The van der Waals surface area contributed by atoms with E-state index in [1.807, 2.05) is 0 Å². The number of unbranched alkanes of at least 4 members (excludes halogenated alkanes) is 2. The molecular formula is C23H30FN5O2S. The summed E-state index contributed by atoms with van der Waals surface area (Å²) in [5, 5.41) is 5.60. The predicted molar refractivity (Wildman–Crippen MR) is 129 cm³/mol. The number of nitrogens with one attached hydrogen (secondary N) is 2. The lowest BCUT2D eigenvalue weighted by atomic mass is 10.2. The van der Waals surface area contributed by atoms with Gasteiger partial charge in [0.05, 0.1) is 12.2 Å². The van der Waals surface area contributed by atoms with Gasteiger partial charge in [-0.05, 0) is 50.0 Å². The molecule has 2 aromatic rings. The molecule has 2 N–H and O–H groups in total. The van der Waals surface area contributed by atoms with Crippen molar-refractivity contribution >= 4 is 34.7 Å². The maximum absolute atomic E-state index is 14.3. The molecule has 1 saturated heterocycles. The summed E-state index contributed by atoms with van der Waals surface area (Å²) in [5.74, 6) is -0.00332. The maximum Gasteiger partial charge on any atom is 0.261 e. The van der Waals surface area contributed by atoms with Crippen molar-refractivity contribution in [2.45, 2.75) is 26.2 Å². The standard InChI is InChI=1S/C23H30FN5O2S/c1-3-4-5-15-31-20-9-8-17(16-19(20)24)26-23(32)27-22(30)18-7-6-10-25-21(18)29-13-11-28(2)12-14-29/h6-10,16H,3-5,11-15H2,1-2H3,(H2,26,27,30,32). The van der Waals surface area contributed by atoms with Crippen molar-refractivity contribution in [3.05, 3.63) is 47.9 Å². The normalized spacial score (nSPS) is 14.2. The zero-order chi connectivity index (χ0) is 22.9. The number of ether oxygens (including phenoxy) is 1. The summed E-state index contributed by atoms with van der Waals surface area (Å²) in [6, 6.07) is 7.97. The van der Waals surface area contributed by atoms with Gasteiger partial charge in [0.25, 0.3) is 5.91 Å². The average molecular weight is 460 g/mol. The highest BCUT2D eigenvalue weighted by molar-refractivity contribution is 7.80. The van der Waals surface area contributed by atoms with Crippen LogP contribution in [0.3, 0.4) is 0 Å². The van der Waals surface area contributed by atoms with Crippen molar-refractivity contribution in [1.82, 2.24) is 15.2 Å². The van der Waals surface area contributed by atoms with E-state index in [1.54, 1.807) is 30.5 Å². The van der Waals surface area contributed by atoms with Gasteiger partial charge in [-0.3, -0.25) is 10.1 Å². The van der Waals surface area contributed by atoms with Gasteiger partial charge >= 0.3 is 0 Å². The van der Waals surface area contributed by atoms with E-state index in [0.29, 0.717) is 23.7 Å². The van der Waals surface area contributed by atoms with Gasteiger partial charge < -0.3 is 19.9 Å². The van der Waals surface area contributed by atoms with Crippen LogP contribution in [0.25, 0.3) is 0 Å². The highest BCUT2D eigenvalue weighted by Crippen LogP contribution is 2.22. The number of piperazine rings is 1. The Morgan fingerprint density at radius 2 is 2.00 bits per heavy atom. The van der Waals surface area contributed by atoms with Crippen molar-refractivity contribution in [3.8, 4) is 5.75 Å². The van der Waals surface area contributed by atoms with Gasteiger partial charge in [0, 0.05) is 44.1 Å². The minimum atomic E-state index is -0.481. The van der Waals surface area contributed by atoms with Gasteiger partial charge in [-0.2, -0.15) is 0 Å². The smallest absolute Gasteiger partial charge is 0.261 e. The largest absolute Gasteiger partial charge is 0.491 e. The molecule has 0 unspecified atom stereocenters. The van der Waals surface area contributed by atoms with Gasteiger partial charge in [0.15, 0.2) is 16.7 Å². The van der Waals surface area contributed by atoms with Crippen LogP contribution in [0.1, 0.15) is 36.5 Å². The van der Waals surface area contributed by atoms with Crippen LogP contribution in [0, 0.1) is 5.82 Å². The number of rotatable bonds is 8. The molecule has 1 fully saturated rings. The summed E-state index contributed by atoms with van der Waals surface area (Å²) in [4.78, 5) is 21.6. The number of benzene rings is 1. The molecule has 1 aromatic heterocycles. The number of hydrogen-bond acceptors (Lipinski definition) is 6. The second-order valence-electron chi connectivity index (χ2n) is 7.77. The van der Waals surface area contributed by atoms with Crippen LogP contribution in [0.15, 0.2) is 36.5 Å². The lowest BCUT2D eigenvalue weighted by molar-refractivity contribution is 0.0977. The Morgan fingerprint density at radius 1 is 1.22 bits per heavy atom. The molecule has 1 aromatic carbocycles. The summed E-state index contributed by atoms with van der Waals surface area (Å²) < 4.78 is 19.8. The van der Waals surface area contributed by atoms with E-state index >= 15 is 0 Å². The van der Waals surface area contributed by atoms with Gasteiger partial charge in [-0.25, -0.2) is 9.37 Å². The van der Waals surface area contributed by atoms with Gasteiger partial charge in [0.1, 0.15) is 5.82 Å². The number of carbonyl (C=O) groups excluding carboxylic acids is 1. The first-order valence-corrected chi connectivity index (χ1v) is 11.3. The molecule has 0 bridgehead atoms. The Kier molecular flexibility index (Phi) is 8.75. The Bertz CT molecular complexity index is 934. The molecule has 172 valence electrons. The van der Waals surface area contributed by atoms with Gasteiger partial charge in [-0.1, -0.05) is 19.8 Å². The molecule has 3 rings (SSSR count). The summed E-state index contributed by atoms with van der Waals surface area (Å²) >= 11 is 5.27.